The first-order chi connectivity index (χ1) is 16.7. The number of thiophene rings is 1. The highest BCUT2D eigenvalue weighted by atomic mass is 32.1. The minimum absolute atomic E-state index is 0.0287. The van der Waals surface area contributed by atoms with E-state index in [1.807, 2.05) is 0 Å². The second kappa shape index (κ2) is 9.42. The van der Waals surface area contributed by atoms with Gasteiger partial charge in [-0.25, -0.2) is 18.4 Å². The molecule has 0 aliphatic heterocycles. The summed E-state index contributed by atoms with van der Waals surface area (Å²) in [6.45, 7) is 1.34. The van der Waals surface area contributed by atoms with E-state index in [1.54, 1.807) is 13.0 Å². The summed E-state index contributed by atoms with van der Waals surface area (Å²) in [5.74, 6) is -1.53. The Morgan fingerprint density at radius 1 is 1.31 bits per heavy atom. The van der Waals surface area contributed by atoms with Crippen LogP contribution in [0.2, 0.25) is 0 Å². The van der Waals surface area contributed by atoms with Gasteiger partial charge in [0.15, 0.2) is 18.2 Å². The van der Waals surface area contributed by atoms with E-state index in [2.05, 4.69) is 15.4 Å². The van der Waals surface area contributed by atoms with Gasteiger partial charge in [-0.1, -0.05) is 12.1 Å². The lowest BCUT2D eigenvalue weighted by atomic mass is 10.1. The Morgan fingerprint density at radius 2 is 2.06 bits per heavy atom. The number of rotatable bonds is 8. The molecule has 1 aromatic carbocycles. The first kappa shape index (κ1) is 23.7. The van der Waals surface area contributed by atoms with Crippen LogP contribution < -0.4 is 15.8 Å². The zero-order valence-corrected chi connectivity index (χ0v) is 18.7. The maximum absolute atomic E-state index is 13.1. The van der Waals surface area contributed by atoms with Crippen molar-refractivity contribution < 1.29 is 28.0 Å². The van der Waals surface area contributed by atoms with Gasteiger partial charge in [0, 0.05) is 17.6 Å². The molecule has 0 bridgehead atoms. The van der Waals surface area contributed by atoms with Crippen molar-refractivity contribution in [2.45, 2.75) is 20.1 Å². The number of pyridine rings is 1. The zero-order valence-electron chi connectivity index (χ0n) is 17.9. The van der Waals surface area contributed by atoms with Crippen LogP contribution >= 0.6 is 11.3 Å². The van der Waals surface area contributed by atoms with E-state index in [9.17, 15) is 28.5 Å². The molecule has 3 N–H and O–H groups in total. The molecule has 180 valence electrons. The van der Waals surface area contributed by atoms with E-state index in [4.69, 9.17) is 10.5 Å². The number of aryl methyl sites for hydroxylation is 1. The molecule has 0 spiro atoms. The Balaban J connectivity index is 1.57. The van der Waals surface area contributed by atoms with E-state index >= 15 is 0 Å². The summed E-state index contributed by atoms with van der Waals surface area (Å²) in [7, 11) is 0. The lowest BCUT2D eigenvalue weighted by Crippen LogP contribution is -2.18. The molecule has 35 heavy (non-hydrogen) atoms. The maximum Gasteiger partial charge on any atom is 0.311 e. The Kier molecular flexibility index (Phi) is 6.38. The lowest BCUT2D eigenvalue weighted by Gasteiger charge is -2.08. The molecule has 11 nitrogen and oxygen atoms in total. The molecular weight excluding hydrogens is 486 g/mol. The molecule has 0 aliphatic rings. The van der Waals surface area contributed by atoms with E-state index in [-0.39, 0.29) is 39.3 Å². The summed E-state index contributed by atoms with van der Waals surface area (Å²) in [5, 5.41) is 18.1. The molecule has 0 fully saturated rings. The number of halogens is 2. The third kappa shape index (κ3) is 4.77. The van der Waals surface area contributed by atoms with Crippen LogP contribution in [0.3, 0.4) is 0 Å². The number of nitro groups is 1. The second-order valence-corrected chi connectivity index (χ2v) is 8.21. The molecule has 0 atom stereocenters. The molecule has 0 unspecified atom stereocenters. The number of fused-ring (bicyclic) bond motifs is 1. The number of nitro benzene ring substituents is 1. The van der Waals surface area contributed by atoms with E-state index in [0.29, 0.717) is 10.9 Å². The third-order valence-corrected chi connectivity index (χ3v) is 5.95. The molecule has 0 saturated heterocycles. The second-order valence-electron chi connectivity index (χ2n) is 7.21. The van der Waals surface area contributed by atoms with Gasteiger partial charge in [-0.3, -0.25) is 19.7 Å². The average Bonchev–Trinajstić information content (AvgIpc) is 3.43. The molecule has 2 amide bonds. The topological polar surface area (TPSA) is 155 Å². The predicted octanol–water partition coefficient (Wildman–Crippen LogP) is 4.03. The minimum atomic E-state index is -2.81. The highest BCUT2D eigenvalue weighted by molar-refractivity contribution is 7.21. The SMILES string of the molecule is Cc1cc(C(F)F)nc2sc(C(N)=O)c(NC(=O)c3ccn(COc4ccccc4[N+](=O)[O-])n3)c12. The summed E-state index contributed by atoms with van der Waals surface area (Å²) in [4.78, 5) is 39.3. The summed E-state index contributed by atoms with van der Waals surface area (Å²) in [5.41, 5.74) is 5.14. The van der Waals surface area contributed by atoms with Crippen molar-refractivity contribution in [3.63, 3.8) is 0 Å². The molecular formula is C21H16F2N6O5S. The molecule has 0 aliphatic carbocycles. The number of nitrogens with one attached hydrogen (secondary N) is 1. The van der Waals surface area contributed by atoms with Crippen molar-refractivity contribution in [1.29, 1.82) is 0 Å². The van der Waals surface area contributed by atoms with Crippen LogP contribution in [0.1, 0.15) is 37.8 Å². The number of hydrogen-bond acceptors (Lipinski definition) is 8. The van der Waals surface area contributed by atoms with Gasteiger partial charge >= 0.3 is 5.69 Å². The van der Waals surface area contributed by atoms with Gasteiger partial charge < -0.3 is 15.8 Å². The number of carbonyl (C=O) groups is 2. The molecule has 4 aromatic rings. The van der Waals surface area contributed by atoms with Gasteiger partial charge in [0.2, 0.25) is 0 Å². The summed E-state index contributed by atoms with van der Waals surface area (Å²) >= 11 is 0.795. The summed E-state index contributed by atoms with van der Waals surface area (Å²) in [6.07, 6.45) is -1.38. The number of alkyl halides is 2. The number of nitrogens with zero attached hydrogens (tertiary/aromatic N) is 4. The molecule has 3 heterocycles. The van der Waals surface area contributed by atoms with Crippen LogP contribution in [0.15, 0.2) is 42.6 Å². The van der Waals surface area contributed by atoms with Gasteiger partial charge in [0.25, 0.3) is 18.2 Å². The van der Waals surface area contributed by atoms with Crippen LogP contribution in [0, 0.1) is 17.0 Å². The largest absolute Gasteiger partial charge is 0.464 e. The van der Waals surface area contributed by atoms with Gasteiger partial charge in [-0.2, -0.15) is 5.10 Å². The molecule has 3 aromatic heterocycles. The number of amides is 2. The van der Waals surface area contributed by atoms with Gasteiger partial charge in [0.1, 0.15) is 15.4 Å². The van der Waals surface area contributed by atoms with E-state index in [1.165, 1.54) is 41.2 Å². The smallest absolute Gasteiger partial charge is 0.311 e. The molecule has 0 radical (unpaired) electrons. The number of primary amides is 1. The molecule has 0 saturated carbocycles. The van der Waals surface area contributed by atoms with Crippen molar-refractivity contribution in [2.75, 3.05) is 5.32 Å². The Labute approximate surface area is 199 Å². The number of para-hydroxylation sites is 2. The van der Waals surface area contributed by atoms with Crippen molar-refractivity contribution in [1.82, 2.24) is 14.8 Å². The van der Waals surface area contributed by atoms with Crippen molar-refractivity contribution in [3.05, 3.63) is 74.5 Å². The van der Waals surface area contributed by atoms with Crippen LogP contribution in [0.25, 0.3) is 10.2 Å². The number of benzene rings is 1. The Hall–Kier alpha value is -4.46. The number of aromatic nitrogens is 3. The number of nitrogens with two attached hydrogens (primary N) is 1. The zero-order chi connectivity index (χ0) is 25.3. The fourth-order valence-electron chi connectivity index (χ4n) is 3.31. The van der Waals surface area contributed by atoms with E-state index in [0.717, 1.165) is 11.3 Å². The standard InChI is InChI=1S/C21H16F2N6O5S/c1-10-8-12(18(22)23)25-21-15(10)16(17(35-21)19(24)30)26-20(31)11-6-7-28(27-11)9-34-14-5-3-2-4-13(14)29(32)33/h2-8,18H,9H2,1H3,(H2,24,30)(H,26,31). The van der Waals surface area contributed by atoms with Crippen LogP contribution in [-0.2, 0) is 6.73 Å². The highest BCUT2D eigenvalue weighted by Gasteiger charge is 2.24. The van der Waals surface area contributed by atoms with Crippen LogP contribution in [0.4, 0.5) is 20.2 Å². The van der Waals surface area contributed by atoms with Crippen LogP contribution in [0.5, 0.6) is 5.75 Å². The molecule has 4 rings (SSSR count). The van der Waals surface area contributed by atoms with Crippen LogP contribution in [-0.4, -0.2) is 31.5 Å². The van der Waals surface area contributed by atoms with Gasteiger partial charge in [0.05, 0.1) is 10.6 Å². The maximum atomic E-state index is 13.1. The minimum Gasteiger partial charge on any atom is -0.464 e. The van der Waals surface area contributed by atoms with Gasteiger partial charge in [-0.15, -0.1) is 11.3 Å². The third-order valence-electron chi connectivity index (χ3n) is 4.85. The predicted molar refractivity (Wildman–Crippen MR) is 122 cm³/mol. The number of anilines is 1. The molecule has 14 heteroatoms. The number of carbonyl (C=O) groups excluding carboxylic acids is 2. The lowest BCUT2D eigenvalue weighted by molar-refractivity contribution is -0.386. The summed E-state index contributed by atoms with van der Waals surface area (Å²) in [6, 6.07) is 8.35. The fourth-order valence-corrected chi connectivity index (χ4v) is 4.38. The van der Waals surface area contributed by atoms with Crippen molar-refractivity contribution >= 4 is 44.7 Å². The Morgan fingerprint density at radius 3 is 2.74 bits per heavy atom. The first-order valence-electron chi connectivity index (χ1n) is 9.88. The Bertz CT molecular complexity index is 1470. The average molecular weight is 502 g/mol. The monoisotopic (exact) mass is 502 g/mol. The van der Waals surface area contributed by atoms with E-state index < -0.39 is 28.9 Å². The van der Waals surface area contributed by atoms with Crippen molar-refractivity contribution in [3.8, 4) is 5.75 Å². The van der Waals surface area contributed by atoms with Crippen molar-refractivity contribution in [2.24, 2.45) is 5.73 Å². The first-order valence-corrected chi connectivity index (χ1v) is 10.7. The number of hydrogen-bond donors (Lipinski definition) is 2. The fraction of sp³-hybridized carbons (Fsp3) is 0.143. The quantitative estimate of drug-likeness (QED) is 0.272. The normalized spacial score (nSPS) is 11.1. The highest BCUT2D eigenvalue weighted by Crippen LogP contribution is 2.38. The number of ether oxygens (including phenoxy) is 1. The van der Waals surface area contributed by atoms with Gasteiger partial charge in [-0.05, 0) is 30.7 Å². The summed E-state index contributed by atoms with van der Waals surface area (Å²) < 4.78 is 32.9.